The van der Waals surface area contributed by atoms with Crippen LogP contribution in [0.5, 0.6) is 0 Å². The van der Waals surface area contributed by atoms with E-state index in [0.717, 1.165) is 56.5 Å². The molecule has 4 heterocycles. The van der Waals surface area contributed by atoms with Gasteiger partial charge in [0.05, 0.1) is 0 Å². The van der Waals surface area contributed by atoms with Crippen molar-refractivity contribution in [1.29, 1.82) is 0 Å². The van der Waals surface area contributed by atoms with Gasteiger partial charge in [0.1, 0.15) is 11.6 Å². The molecule has 8 heteroatoms. The first-order valence-electron chi connectivity index (χ1n) is 10.5. The second kappa shape index (κ2) is 7.61. The van der Waals surface area contributed by atoms with E-state index >= 15 is 0 Å². The van der Waals surface area contributed by atoms with Gasteiger partial charge in [0, 0.05) is 63.0 Å². The number of hydrogen-bond donors (Lipinski definition) is 2. The molecule has 8 nitrogen and oxygen atoms in total. The van der Waals surface area contributed by atoms with Crippen molar-refractivity contribution in [2.24, 2.45) is 0 Å². The highest BCUT2D eigenvalue weighted by atomic mass is 15.4. The highest BCUT2D eigenvalue weighted by Gasteiger charge is 2.24. The van der Waals surface area contributed by atoms with Crippen LogP contribution >= 0.6 is 0 Å². The van der Waals surface area contributed by atoms with Gasteiger partial charge in [0.15, 0.2) is 5.82 Å². The van der Waals surface area contributed by atoms with Crippen molar-refractivity contribution >= 4 is 17.4 Å². The fourth-order valence-electron chi connectivity index (χ4n) is 4.22. The second-order valence-electron chi connectivity index (χ2n) is 8.09. The SMILES string of the molecule is CC1CN(c2cc(N3CCNC(C)C3)n3nc(-c4ccccc4)nc3n2)CCN1. The van der Waals surface area contributed by atoms with Gasteiger partial charge in [0.25, 0.3) is 5.78 Å². The van der Waals surface area contributed by atoms with E-state index in [0.29, 0.717) is 23.7 Å². The number of piperazine rings is 2. The molecule has 1 aromatic carbocycles. The van der Waals surface area contributed by atoms with E-state index < -0.39 is 0 Å². The fourth-order valence-corrected chi connectivity index (χ4v) is 4.22. The standard InChI is InChI=1S/C21H28N8/c1-15-13-27(10-8-22-15)18-12-19(28-11-9-23-16(2)14-28)29-21(24-18)25-20(26-29)17-6-4-3-5-7-17/h3-7,12,15-16,22-23H,8-11,13-14H2,1-2H3. The number of aromatic nitrogens is 4. The molecule has 2 aliphatic heterocycles. The van der Waals surface area contributed by atoms with E-state index in [2.05, 4.69) is 40.3 Å². The Bertz CT molecular complexity index is 985. The zero-order valence-corrected chi connectivity index (χ0v) is 17.0. The first-order valence-corrected chi connectivity index (χ1v) is 10.5. The van der Waals surface area contributed by atoms with E-state index in [4.69, 9.17) is 15.1 Å². The Kier molecular flexibility index (Phi) is 4.81. The third-order valence-corrected chi connectivity index (χ3v) is 5.70. The third-order valence-electron chi connectivity index (χ3n) is 5.70. The Morgan fingerprint density at radius 1 is 0.897 bits per heavy atom. The molecule has 29 heavy (non-hydrogen) atoms. The number of hydrogen-bond acceptors (Lipinski definition) is 7. The number of nitrogens with one attached hydrogen (secondary N) is 2. The summed E-state index contributed by atoms with van der Waals surface area (Å²) in [5.41, 5.74) is 1.01. The van der Waals surface area contributed by atoms with Gasteiger partial charge in [-0.3, -0.25) is 0 Å². The predicted octanol–water partition coefficient (Wildman–Crippen LogP) is 1.39. The van der Waals surface area contributed by atoms with Gasteiger partial charge in [-0.15, -0.1) is 5.10 Å². The van der Waals surface area contributed by atoms with E-state index in [1.54, 1.807) is 0 Å². The summed E-state index contributed by atoms with van der Waals surface area (Å²) in [6.45, 7) is 10.2. The molecule has 0 aliphatic carbocycles. The molecular weight excluding hydrogens is 364 g/mol. The van der Waals surface area contributed by atoms with Gasteiger partial charge >= 0.3 is 0 Å². The Morgan fingerprint density at radius 2 is 1.59 bits per heavy atom. The average Bonchev–Trinajstić information content (AvgIpc) is 3.18. The maximum Gasteiger partial charge on any atom is 0.256 e. The monoisotopic (exact) mass is 392 g/mol. The number of fused-ring (bicyclic) bond motifs is 1. The second-order valence-corrected chi connectivity index (χ2v) is 8.09. The number of anilines is 2. The van der Waals surface area contributed by atoms with Crippen molar-refractivity contribution in [3.8, 4) is 11.4 Å². The average molecular weight is 393 g/mol. The van der Waals surface area contributed by atoms with Crippen molar-refractivity contribution < 1.29 is 0 Å². The molecule has 0 radical (unpaired) electrons. The van der Waals surface area contributed by atoms with Crippen LogP contribution < -0.4 is 20.4 Å². The highest BCUT2D eigenvalue weighted by molar-refractivity contribution is 5.62. The van der Waals surface area contributed by atoms with Crippen LogP contribution in [0.4, 0.5) is 11.6 Å². The summed E-state index contributed by atoms with van der Waals surface area (Å²) in [5, 5.41) is 11.9. The van der Waals surface area contributed by atoms with Gasteiger partial charge in [-0.2, -0.15) is 14.5 Å². The summed E-state index contributed by atoms with van der Waals surface area (Å²) < 4.78 is 1.91. The van der Waals surface area contributed by atoms with Gasteiger partial charge in [-0.25, -0.2) is 0 Å². The molecule has 2 aliphatic rings. The molecular formula is C21H28N8. The van der Waals surface area contributed by atoms with Crippen LogP contribution in [-0.2, 0) is 0 Å². The molecule has 0 spiro atoms. The van der Waals surface area contributed by atoms with Gasteiger partial charge in [-0.05, 0) is 13.8 Å². The van der Waals surface area contributed by atoms with Crippen LogP contribution in [0.3, 0.4) is 0 Å². The van der Waals surface area contributed by atoms with Gasteiger partial charge < -0.3 is 20.4 Å². The molecule has 5 rings (SSSR count). The molecule has 152 valence electrons. The Balaban J connectivity index is 1.61. The van der Waals surface area contributed by atoms with Crippen LogP contribution in [0.25, 0.3) is 17.2 Å². The van der Waals surface area contributed by atoms with Crippen molar-refractivity contribution in [3.63, 3.8) is 0 Å². The maximum atomic E-state index is 4.90. The zero-order valence-electron chi connectivity index (χ0n) is 17.0. The zero-order chi connectivity index (χ0) is 19.8. The minimum Gasteiger partial charge on any atom is -0.354 e. The summed E-state index contributed by atoms with van der Waals surface area (Å²) in [7, 11) is 0. The molecule has 2 fully saturated rings. The number of rotatable bonds is 3. The van der Waals surface area contributed by atoms with Crippen molar-refractivity contribution in [1.82, 2.24) is 30.2 Å². The largest absolute Gasteiger partial charge is 0.354 e. The Morgan fingerprint density at radius 3 is 2.31 bits per heavy atom. The van der Waals surface area contributed by atoms with Crippen LogP contribution in [0, 0.1) is 0 Å². The molecule has 2 saturated heterocycles. The van der Waals surface area contributed by atoms with Crippen LogP contribution in [0.1, 0.15) is 13.8 Å². The first kappa shape index (κ1) is 18.3. The molecule has 2 N–H and O–H groups in total. The number of nitrogens with zero attached hydrogens (tertiary/aromatic N) is 6. The first-order chi connectivity index (χ1) is 14.2. The van der Waals surface area contributed by atoms with Gasteiger partial charge in [-0.1, -0.05) is 30.3 Å². The summed E-state index contributed by atoms with van der Waals surface area (Å²) in [6.07, 6.45) is 0. The van der Waals surface area contributed by atoms with Gasteiger partial charge in [0.2, 0.25) is 0 Å². The number of benzene rings is 1. The Labute approximate surface area is 170 Å². The minimum absolute atomic E-state index is 0.437. The van der Waals surface area contributed by atoms with Crippen molar-refractivity contribution in [2.75, 3.05) is 49.1 Å². The highest BCUT2D eigenvalue weighted by Crippen LogP contribution is 2.26. The Hall–Kier alpha value is -2.71. The quantitative estimate of drug-likeness (QED) is 0.698. The smallest absolute Gasteiger partial charge is 0.256 e. The lowest BCUT2D eigenvalue weighted by atomic mass is 10.2. The van der Waals surface area contributed by atoms with E-state index in [9.17, 15) is 0 Å². The summed E-state index contributed by atoms with van der Waals surface area (Å²) in [6, 6.07) is 13.2. The lowest BCUT2D eigenvalue weighted by Gasteiger charge is -2.35. The maximum absolute atomic E-state index is 4.90. The molecule has 0 saturated carbocycles. The fraction of sp³-hybridized carbons (Fsp3) is 0.476. The van der Waals surface area contributed by atoms with Crippen LogP contribution in [0.15, 0.2) is 36.4 Å². The summed E-state index contributed by atoms with van der Waals surface area (Å²) in [5.74, 6) is 3.43. The molecule has 2 unspecified atom stereocenters. The minimum atomic E-state index is 0.437. The molecule has 2 atom stereocenters. The normalized spacial score (nSPS) is 23.0. The van der Waals surface area contributed by atoms with Crippen molar-refractivity contribution in [3.05, 3.63) is 36.4 Å². The molecule has 0 bridgehead atoms. The van der Waals surface area contributed by atoms with Crippen LogP contribution in [0.2, 0.25) is 0 Å². The lowest BCUT2D eigenvalue weighted by Crippen LogP contribution is -2.50. The molecule has 2 aromatic heterocycles. The van der Waals surface area contributed by atoms with E-state index in [1.807, 2.05) is 34.8 Å². The predicted molar refractivity (Wildman–Crippen MR) is 116 cm³/mol. The van der Waals surface area contributed by atoms with E-state index in [-0.39, 0.29) is 0 Å². The van der Waals surface area contributed by atoms with Crippen LogP contribution in [-0.4, -0.2) is 70.9 Å². The van der Waals surface area contributed by atoms with Crippen molar-refractivity contribution in [2.45, 2.75) is 25.9 Å². The van der Waals surface area contributed by atoms with E-state index in [1.165, 1.54) is 0 Å². The topological polar surface area (TPSA) is 73.6 Å². The molecule has 3 aromatic rings. The summed E-state index contributed by atoms with van der Waals surface area (Å²) in [4.78, 5) is 14.4. The third kappa shape index (κ3) is 3.65. The lowest BCUT2D eigenvalue weighted by molar-refractivity contribution is 0.477. The summed E-state index contributed by atoms with van der Waals surface area (Å²) >= 11 is 0. The molecule has 0 amide bonds.